The minimum Gasteiger partial charge on any atom is -0.492 e. The second-order valence-electron chi connectivity index (χ2n) is 7.61. The summed E-state index contributed by atoms with van der Waals surface area (Å²) >= 11 is 0. The van der Waals surface area contributed by atoms with E-state index in [1.807, 2.05) is 30.0 Å². The summed E-state index contributed by atoms with van der Waals surface area (Å²) in [7, 11) is 0. The zero-order valence-corrected chi connectivity index (χ0v) is 21.2. The molecule has 2 fully saturated rings. The topological polar surface area (TPSA) is 95.5 Å². The molecule has 0 aromatic heterocycles. The van der Waals surface area contributed by atoms with Crippen molar-refractivity contribution in [2.24, 2.45) is 4.99 Å². The van der Waals surface area contributed by atoms with Gasteiger partial charge in [-0.2, -0.15) is 0 Å². The van der Waals surface area contributed by atoms with Crippen molar-refractivity contribution in [1.29, 1.82) is 0 Å². The van der Waals surface area contributed by atoms with E-state index in [-0.39, 0.29) is 41.9 Å². The standard InChI is InChI=1S/C22H33N5O4.HI/c1-3-23-22(24-9-15-30-19-7-4-6-18(16-19)25-17(2)28)27-12-10-26(11-13-27)21(29)20-8-5-14-31-20;/h4,6-7,16,20H,3,5,8-15H2,1-2H3,(H,23,24)(H,25,28);1H. The first-order valence-corrected chi connectivity index (χ1v) is 11.0. The van der Waals surface area contributed by atoms with E-state index in [0.29, 0.717) is 44.3 Å². The number of amides is 2. The first kappa shape index (κ1) is 26.2. The number of anilines is 1. The second-order valence-corrected chi connectivity index (χ2v) is 7.61. The lowest BCUT2D eigenvalue weighted by Gasteiger charge is -2.37. The van der Waals surface area contributed by atoms with Crippen LogP contribution in [-0.2, 0) is 14.3 Å². The van der Waals surface area contributed by atoms with E-state index in [4.69, 9.17) is 9.47 Å². The molecule has 2 saturated heterocycles. The Bertz CT molecular complexity index is 777. The van der Waals surface area contributed by atoms with Crippen molar-refractivity contribution in [1.82, 2.24) is 15.1 Å². The van der Waals surface area contributed by atoms with Crippen LogP contribution in [0.1, 0.15) is 26.7 Å². The molecule has 9 nitrogen and oxygen atoms in total. The van der Waals surface area contributed by atoms with Gasteiger partial charge < -0.3 is 29.9 Å². The highest BCUT2D eigenvalue weighted by Gasteiger charge is 2.30. The summed E-state index contributed by atoms with van der Waals surface area (Å²) in [5.74, 6) is 1.53. The van der Waals surface area contributed by atoms with Crippen LogP contribution in [0.2, 0.25) is 0 Å². The van der Waals surface area contributed by atoms with E-state index in [2.05, 4.69) is 20.5 Å². The predicted molar refractivity (Wildman–Crippen MR) is 135 cm³/mol. The van der Waals surface area contributed by atoms with Gasteiger partial charge >= 0.3 is 0 Å². The molecule has 2 N–H and O–H groups in total. The average molecular weight is 559 g/mol. The third kappa shape index (κ3) is 7.80. The van der Waals surface area contributed by atoms with Crippen LogP contribution in [-0.4, -0.2) is 86.2 Å². The van der Waals surface area contributed by atoms with Crippen molar-refractivity contribution < 1.29 is 19.1 Å². The van der Waals surface area contributed by atoms with Crippen LogP contribution in [0, 0.1) is 0 Å². The summed E-state index contributed by atoms with van der Waals surface area (Å²) in [6, 6.07) is 7.30. The van der Waals surface area contributed by atoms with Gasteiger partial charge in [0, 0.05) is 58.0 Å². The fourth-order valence-corrected chi connectivity index (χ4v) is 3.72. The number of hydrogen-bond acceptors (Lipinski definition) is 5. The Labute approximate surface area is 206 Å². The average Bonchev–Trinajstić information content (AvgIpc) is 3.30. The Hall–Kier alpha value is -2.08. The molecule has 0 bridgehead atoms. The Kier molecular flexibility index (Phi) is 11.0. The van der Waals surface area contributed by atoms with Gasteiger partial charge in [-0.3, -0.25) is 9.59 Å². The quantitative estimate of drug-likeness (QED) is 0.230. The number of ether oxygens (including phenoxy) is 2. The molecular formula is C22H34IN5O4. The van der Waals surface area contributed by atoms with Gasteiger partial charge in [-0.05, 0) is 31.9 Å². The molecule has 1 aromatic rings. The van der Waals surface area contributed by atoms with Gasteiger partial charge in [-0.25, -0.2) is 4.99 Å². The first-order chi connectivity index (χ1) is 15.1. The normalized spacial score (nSPS) is 18.7. The summed E-state index contributed by atoms with van der Waals surface area (Å²) in [5, 5.41) is 6.07. The number of nitrogens with one attached hydrogen (secondary N) is 2. The highest BCUT2D eigenvalue weighted by molar-refractivity contribution is 14.0. The highest BCUT2D eigenvalue weighted by atomic mass is 127. The van der Waals surface area contributed by atoms with E-state index in [1.54, 1.807) is 6.07 Å². The zero-order valence-electron chi connectivity index (χ0n) is 18.8. The number of benzene rings is 1. The van der Waals surface area contributed by atoms with Crippen molar-refractivity contribution in [2.75, 3.05) is 57.8 Å². The number of nitrogens with zero attached hydrogens (tertiary/aromatic N) is 3. The Balaban J connectivity index is 0.00000363. The number of guanidine groups is 1. The largest absolute Gasteiger partial charge is 0.492 e. The maximum atomic E-state index is 12.5. The maximum Gasteiger partial charge on any atom is 0.251 e. The molecule has 2 heterocycles. The summed E-state index contributed by atoms with van der Waals surface area (Å²) in [6.45, 7) is 8.73. The summed E-state index contributed by atoms with van der Waals surface area (Å²) in [4.78, 5) is 32.5. The SMILES string of the molecule is CCNC(=NCCOc1cccc(NC(C)=O)c1)N1CCN(C(=O)C2CCCO2)CC1.I. The van der Waals surface area contributed by atoms with Gasteiger partial charge in [0.05, 0.1) is 6.54 Å². The molecule has 2 amide bonds. The molecule has 1 aromatic carbocycles. The van der Waals surface area contributed by atoms with Crippen molar-refractivity contribution in [3.05, 3.63) is 24.3 Å². The van der Waals surface area contributed by atoms with Crippen molar-refractivity contribution in [3.63, 3.8) is 0 Å². The van der Waals surface area contributed by atoms with E-state index < -0.39 is 0 Å². The Morgan fingerprint density at radius 2 is 1.97 bits per heavy atom. The van der Waals surface area contributed by atoms with Gasteiger partial charge in [0.1, 0.15) is 18.5 Å². The monoisotopic (exact) mass is 559 g/mol. The van der Waals surface area contributed by atoms with Crippen molar-refractivity contribution in [3.8, 4) is 5.75 Å². The zero-order chi connectivity index (χ0) is 22.1. The number of hydrogen-bond donors (Lipinski definition) is 2. The molecule has 2 aliphatic rings. The molecule has 0 radical (unpaired) electrons. The summed E-state index contributed by atoms with van der Waals surface area (Å²) in [5.41, 5.74) is 0.706. The molecule has 3 rings (SSSR count). The van der Waals surface area contributed by atoms with Crippen molar-refractivity contribution in [2.45, 2.75) is 32.8 Å². The van der Waals surface area contributed by atoms with Crippen LogP contribution in [0.5, 0.6) is 5.75 Å². The predicted octanol–water partition coefficient (Wildman–Crippen LogP) is 1.93. The number of carbonyl (C=O) groups is 2. The lowest BCUT2D eigenvalue weighted by Crippen LogP contribution is -2.55. The van der Waals surface area contributed by atoms with Gasteiger partial charge in [0.15, 0.2) is 5.96 Å². The van der Waals surface area contributed by atoms with Gasteiger partial charge in [0.2, 0.25) is 5.91 Å². The smallest absolute Gasteiger partial charge is 0.251 e. The number of halogens is 1. The number of carbonyl (C=O) groups excluding carboxylic acids is 2. The molecule has 1 unspecified atom stereocenters. The summed E-state index contributed by atoms with van der Waals surface area (Å²) in [6.07, 6.45) is 1.54. The molecule has 32 heavy (non-hydrogen) atoms. The third-order valence-electron chi connectivity index (χ3n) is 5.21. The van der Waals surface area contributed by atoms with E-state index >= 15 is 0 Å². The number of aliphatic imine (C=N–C) groups is 1. The third-order valence-corrected chi connectivity index (χ3v) is 5.21. The van der Waals surface area contributed by atoms with E-state index in [1.165, 1.54) is 6.92 Å². The van der Waals surface area contributed by atoms with Gasteiger partial charge in [-0.1, -0.05) is 6.07 Å². The highest BCUT2D eigenvalue weighted by Crippen LogP contribution is 2.18. The molecule has 0 spiro atoms. The maximum absolute atomic E-state index is 12.5. The van der Waals surface area contributed by atoms with Crippen LogP contribution in [0.25, 0.3) is 0 Å². The van der Waals surface area contributed by atoms with Crippen LogP contribution >= 0.6 is 24.0 Å². The van der Waals surface area contributed by atoms with E-state index in [9.17, 15) is 9.59 Å². The Morgan fingerprint density at radius 1 is 1.22 bits per heavy atom. The van der Waals surface area contributed by atoms with Gasteiger partial charge in [-0.15, -0.1) is 24.0 Å². The molecule has 0 saturated carbocycles. The second kappa shape index (κ2) is 13.5. The molecule has 10 heteroatoms. The lowest BCUT2D eigenvalue weighted by atomic mass is 10.2. The van der Waals surface area contributed by atoms with E-state index in [0.717, 1.165) is 38.4 Å². The number of rotatable bonds is 7. The number of piperazine rings is 1. The van der Waals surface area contributed by atoms with Gasteiger partial charge in [0.25, 0.3) is 5.91 Å². The van der Waals surface area contributed by atoms with Crippen LogP contribution < -0.4 is 15.4 Å². The molecular weight excluding hydrogens is 525 g/mol. The Morgan fingerprint density at radius 3 is 2.62 bits per heavy atom. The summed E-state index contributed by atoms with van der Waals surface area (Å²) < 4.78 is 11.3. The van der Waals surface area contributed by atoms with Crippen LogP contribution in [0.3, 0.4) is 0 Å². The minimum absolute atomic E-state index is 0. The molecule has 2 aliphatic heterocycles. The van der Waals surface area contributed by atoms with Crippen LogP contribution in [0.15, 0.2) is 29.3 Å². The van der Waals surface area contributed by atoms with Crippen LogP contribution in [0.4, 0.5) is 5.69 Å². The minimum atomic E-state index is -0.255. The molecule has 0 aliphatic carbocycles. The fourth-order valence-electron chi connectivity index (χ4n) is 3.72. The molecule has 178 valence electrons. The fraction of sp³-hybridized carbons (Fsp3) is 0.591. The molecule has 1 atom stereocenters. The lowest BCUT2D eigenvalue weighted by molar-refractivity contribution is -0.142. The van der Waals surface area contributed by atoms with Crippen molar-refractivity contribution >= 4 is 47.4 Å². The first-order valence-electron chi connectivity index (χ1n) is 11.0.